The number of hydrogen-bond acceptors (Lipinski definition) is 8. The zero-order valence-corrected chi connectivity index (χ0v) is 25.3. The summed E-state index contributed by atoms with van der Waals surface area (Å²) in [6.07, 6.45) is 1.90. The number of ether oxygens (including phenoxy) is 1. The first-order valence-electron chi connectivity index (χ1n) is 14.1. The predicted molar refractivity (Wildman–Crippen MR) is 167 cm³/mol. The molecule has 2 aromatic heterocycles. The summed E-state index contributed by atoms with van der Waals surface area (Å²) in [6, 6.07) is 24.2. The fraction of sp³-hybridized carbons (Fsp3) is 0.182. The number of amides is 2. The van der Waals surface area contributed by atoms with Gasteiger partial charge in [0, 0.05) is 12.1 Å². The van der Waals surface area contributed by atoms with Gasteiger partial charge in [-0.2, -0.15) is 5.10 Å². The molecule has 0 radical (unpaired) electrons. The molecule has 12 heteroatoms. The molecule has 0 fully saturated rings. The van der Waals surface area contributed by atoms with Crippen molar-refractivity contribution in [2.24, 2.45) is 5.10 Å². The molecule has 3 aromatic carbocycles. The number of aryl methyl sites for hydroxylation is 1. The Bertz CT molecular complexity index is 1840. The quantitative estimate of drug-likeness (QED) is 0.198. The highest BCUT2D eigenvalue weighted by molar-refractivity contribution is 7.99. The van der Waals surface area contributed by atoms with Crippen LogP contribution in [0.15, 0.2) is 106 Å². The summed E-state index contributed by atoms with van der Waals surface area (Å²) in [5.74, 6) is 0.425. The van der Waals surface area contributed by atoms with Crippen molar-refractivity contribution in [3.05, 3.63) is 125 Å². The van der Waals surface area contributed by atoms with E-state index in [1.54, 1.807) is 31.4 Å². The highest BCUT2D eigenvalue weighted by Gasteiger charge is 2.33. The molecule has 1 unspecified atom stereocenters. The maximum Gasteiger partial charge on any atom is 0.287 e. The van der Waals surface area contributed by atoms with E-state index < -0.39 is 6.04 Å². The van der Waals surface area contributed by atoms with Crippen molar-refractivity contribution in [3.8, 4) is 11.4 Å². The molecular weight excluding hydrogens is 595 g/mol. The Morgan fingerprint density at radius 2 is 1.84 bits per heavy atom. The summed E-state index contributed by atoms with van der Waals surface area (Å²) in [5, 5.41) is 18.2. The first-order chi connectivity index (χ1) is 21.9. The third-order valence-electron chi connectivity index (χ3n) is 7.28. The van der Waals surface area contributed by atoms with Gasteiger partial charge in [-0.25, -0.2) is 9.40 Å². The van der Waals surface area contributed by atoms with Crippen LogP contribution >= 0.6 is 11.8 Å². The van der Waals surface area contributed by atoms with Crippen LogP contribution in [0.3, 0.4) is 0 Å². The lowest BCUT2D eigenvalue weighted by Gasteiger charge is -2.22. The van der Waals surface area contributed by atoms with Gasteiger partial charge in [0.1, 0.15) is 11.6 Å². The Labute approximate surface area is 262 Å². The van der Waals surface area contributed by atoms with Crippen LogP contribution in [0.1, 0.15) is 45.5 Å². The first-order valence-corrected chi connectivity index (χ1v) is 15.1. The first kappa shape index (κ1) is 29.8. The Morgan fingerprint density at radius 1 is 1.04 bits per heavy atom. The molecule has 228 valence electrons. The molecular formula is C33H29FN6O4S. The average Bonchev–Trinajstić information content (AvgIpc) is 3.83. The highest BCUT2D eigenvalue weighted by Crippen LogP contribution is 2.34. The second-order valence-corrected chi connectivity index (χ2v) is 11.2. The number of furan rings is 1. The number of aromatic nitrogens is 3. The zero-order valence-electron chi connectivity index (χ0n) is 24.5. The monoisotopic (exact) mass is 624 g/mol. The zero-order chi connectivity index (χ0) is 31.3. The number of methoxy groups -OCH3 is 1. The van der Waals surface area contributed by atoms with Gasteiger partial charge in [-0.05, 0) is 84.3 Å². The number of rotatable bonds is 10. The summed E-state index contributed by atoms with van der Waals surface area (Å²) < 4.78 is 26.0. The lowest BCUT2D eigenvalue weighted by molar-refractivity contribution is -0.130. The standard InChI is InChI=1S/C33H29FN6O4S/c1-21-5-3-6-25(17-21)39-30(19-35-32(42)29-7-4-16-44-29)36-37-33(39)45-20-31(41)40-28(23-8-12-24(34)13-9-23)18-27(38-40)22-10-14-26(43-2)15-11-22/h3-17,28H,18-20H2,1-2H3,(H,35,42). The molecule has 1 aliphatic heterocycles. The van der Waals surface area contributed by atoms with Gasteiger partial charge in [-0.3, -0.25) is 14.2 Å². The SMILES string of the molecule is COc1ccc(C2=NN(C(=O)CSc3nnc(CNC(=O)c4ccco4)n3-c3cccc(C)c3)C(c3ccc(F)cc3)C2)cc1. The molecule has 5 aromatic rings. The van der Waals surface area contributed by atoms with Crippen LogP contribution in [0, 0.1) is 12.7 Å². The second-order valence-electron chi connectivity index (χ2n) is 10.3. The number of carbonyl (C=O) groups is 2. The van der Waals surface area contributed by atoms with Gasteiger partial charge < -0.3 is 14.5 Å². The van der Waals surface area contributed by atoms with Gasteiger partial charge in [0.2, 0.25) is 0 Å². The summed E-state index contributed by atoms with van der Waals surface area (Å²) in [7, 11) is 1.60. The van der Waals surface area contributed by atoms with Gasteiger partial charge in [0.05, 0.1) is 37.4 Å². The van der Waals surface area contributed by atoms with Crippen LogP contribution in [0.5, 0.6) is 5.75 Å². The van der Waals surface area contributed by atoms with Crippen molar-refractivity contribution in [1.29, 1.82) is 0 Å². The largest absolute Gasteiger partial charge is 0.497 e. The third-order valence-corrected chi connectivity index (χ3v) is 8.19. The maximum atomic E-state index is 13.8. The van der Waals surface area contributed by atoms with E-state index in [1.165, 1.54) is 35.2 Å². The fourth-order valence-corrected chi connectivity index (χ4v) is 5.85. The van der Waals surface area contributed by atoms with Crippen LogP contribution in [0.25, 0.3) is 5.69 Å². The lowest BCUT2D eigenvalue weighted by Crippen LogP contribution is -2.28. The molecule has 1 aliphatic rings. The number of nitrogens with zero attached hydrogens (tertiary/aromatic N) is 5. The van der Waals surface area contributed by atoms with E-state index in [0.717, 1.165) is 33.8 Å². The van der Waals surface area contributed by atoms with Crippen LogP contribution < -0.4 is 10.1 Å². The number of halogens is 1. The predicted octanol–water partition coefficient (Wildman–Crippen LogP) is 5.72. The molecule has 0 saturated carbocycles. The van der Waals surface area contributed by atoms with Gasteiger partial charge in [-0.15, -0.1) is 10.2 Å². The maximum absolute atomic E-state index is 13.8. The fourth-order valence-electron chi connectivity index (χ4n) is 5.02. The Morgan fingerprint density at radius 3 is 2.56 bits per heavy atom. The van der Waals surface area contributed by atoms with E-state index in [4.69, 9.17) is 14.3 Å². The average molecular weight is 625 g/mol. The Hall–Kier alpha value is -5.23. The topological polar surface area (TPSA) is 115 Å². The molecule has 2 amide bonds. The van der Waals surface area contributed by atoms with E-state index in [0.29, 0.717) is 17.4 Å². The van der Waals surface area contributed by atoms with Crippen molar-refractivity contribution in [2.75, 3.05) is 12.9 Å². The molecule has 6 rings (SSSR count). The second kappa shape index (κ2) is 13.2. The molecule has 0 spiro atoms. The molecule has 0 saturated heterocycles. The van der Waals surface area contributed by atoms with Crippen molar-refractivity contribution >= 4 is 29.3 Å². The minimum Gasteiger partial charge on any atom is -0.497 e. The van der Waals surface area contributed by atoms with E-state index in [1.807, 2.05) is 60.0 Å². The Balaban J connectivity index is 1.25. The molecule has 0 aliphatic carbocycles. The summed E-state index contributed by atoms with van der Waals surface area (Å²) in [4.78, 5) is 26.3. The molecule has 10 nitrogen and oxygen atoms in total. The summed E-state index contributed by atoms with van der Waals surface area (Å²) in [6.45, 7) is 2.06. The minimum absolute atomic E-state index is 0.0137. The van der Waals surface area contributed by atoms with Crippen LogP contribution in [0.2, 0.25) is 0 Å². The molecule has 1 N–H and O–H groups in total. The smallest absolute Gasteiger partial charge is 0.287 e. The highest BCUT2D eigenvalue weighted by atomic mass is 32.2. The summed E-state index contributed by atoms with van der Waals surface area (Å²) in [5.41, 5.74) is 4.20. The van der Waals surface area contributed by atoms with Crippen LogP contribution in [0.4, 0.5) is 4.39 Å². The number of nitrogens with one attached hydrogen (secondary N) is 1. The van der Waals surface area contributed by atoms with Gasteiger partial charge >= 0.3 is 0 Å². The third kappa shape index (κ3) is 6.65. The van der Waals surface area contributed by atoms with Crippen molar-refractivity contribution in [3.63, 3.8) is 0 Å². The minimum atomic E-state index is -0.405. The normalized spacial score (nSPS) is 14.3. The Kier molecular flexibility index (Phi) is 8.74. The van der Waals surface area contributed by atoms with Gasteiger partial charge in [0.15, 0.2) is 16.7 Å². The van der Waals surface area contributed by atoms with Crippen molar-refractivity contribution < 1.29 is 23.1 Å². The number of thioether (sulfide) groups is 1. The number of hydrogen-bond donors (Lipinski definition) is 1. The van der Waals surface area contributed by atoms with E-state index >= 15 is 0 Å². The lowest BCUT2D eigenvalue weighted by atomic mass is 9.98. The molecule has 3 heterocycles. The van der Waals surface area contributed by atoms with Crippen molar-refractivity contribution in [1.82, 2.24) is 25.1 Å². The van der Waals surface area contributed by atoms with Crippen LogP contribution in [-0.4, -0.2) is 50.2 Å². The van der Waals surface area contributed by atoms with Crippen LogP contribution in [-0.2, 0) is 11.3 Å². The number of benzene rings is 3. The summed E-state index contributed by atoms with van der Waals surface area (Å²) >= 11 is 1.22. The van der Waals surface area contributed by atoms with Gasteiger partial charge in [-0.1, -0.05) is 36.0 Å². The van der Waals surface area contributed by atoms with E-state index in [2.05, 4.69) is 15.5 Å². The van der Waals surface area contributed by atoms with Crippen molar-refractivity contribution in [2.45, 2.75) is 31.1 Å². The number of carbonyl (C=O) groups excluding carboxylic acids is 2. The van der Waals surface area contributed by atoms with Gasteiger partial charge in [0.25, 0.3) is 11.8 Å². The molecule has 45 heavy (non-hydrogen) atoms. The molecule has 1 atom stereocenters. The van der Waals surface area contributed by atoms with E-state index in [9.17, 15) is 14.0 Å². The number of hydrazone groups is 1. The molecule has 0 bridgehead atoms. The van der Waals surface area contributed by atoms with E-state index in [-0.39, 0.29) is 35.7 Å².